The standard InChI is InChI=1S/C19H20ClN5/c1-25-11-8-16(12-25)22-19-17(13-6-9-21-10-7-13)18(23-24-19)14-2-4-15(20)5-3-14/h2-7,9-10,16H,8,11-12H2,1H3,(H2,22,23,24). The summed E-state index contributed by atoms with van der Waals surface area (Å²) >= 11 is 6.04. The highest BCUT2D eigenvalue weighted by molar-refractivity contribution is 6.30. The van der Waals surface area contributed by atoms with Gasteiger partial charge in [0.2, 0.25) is 0 Å². The number of nitrogens with zero attached hydrogens (tertiary/aromatic N) is 3. The van der Waals surface area contributed by atoms with Gasteiger partial charge >= 0.3 is 0 Å². The van der Waals surface area contributed by atoms with Crippen LogP contribution in [-0.2, 0) is 0 Å². The molecule has 2 N–H and O–H groups in total. The molecular formula is C19H20ClN5. The van der Waals surface area contributed by atoms with Gasteiger partial charge in [0.1, 0.15) is 0 Å². The Balaban J connectivity index is 1.75. The molecule has 0 radical (unpaired) electrons. The Morgan fingerprint density at radius 3 is 2.56 bits per heavy atom. The minimum atomic E-state index is 0.409. The zero-order chi connectivity index (χ0) is 17.2. The van der Waals surface area contributed by atoms with Crippen LogP contribution in [0, 0.1) is 0 Å². The monoisotopic (exact) mass is 353 g/mol. The molecule has 0 spiro atoms. The van der Waals surface area contributed by atoms with Crippen LogP contribution in [0.3, 0.4) is 0 Å². The Morgan fingerprint density at radius 2 is 1.88 bits per heavy atom. The minimum absolute atomic E-state index is 0.409. The molecule has 3 heterocycles. The predicted molar refractivity (Wildman–Crippen MR) is 102 cm³/mol. The number of nitrogens with one attached hydrogen (secondary N) is 2. The molecular weight excluding hydrogens is 334 g/mol. The number of likely N-dealkylation sites (N-methyl/N-ethyl adjacent to an activating group) is 1. The molecule has 1 saturated heterocycles. The molecule has 0 amide bonds. The van der Waals surface area contributed by atoms with Gasteiger partial charge in [-0.25, -0.2) is 0 Å². The van der Waals surface area contributed by atoms with Crippen LogP contribution in [0.2, 0.25) is 5.02 Å². The number of aromatic amines is 1. The lowest BCUT2D eigenvalue weighted by molar-refractivity contribution is 0.414. The van der Waals surface area contributed by atoms with Crippen molar-refractivity contribution in [2.24, 2.45) is 0 Å². The fourth-order valence-electron chi connectivity index (χ4n) is 3.32. The zero-order valence-corrected chi connectivity index (χ0v) is 14.8. The van der Waals surface area contributed by atoms with Gasteiger partial charge in [-0.3, -0.25) is 10.1 Å². The predicted octanol–water partition coefficient (Wildman–Crippen LogP) is 3.91. The van der Waals surface area contributed by atoms with E-state index >= 15 is 0 Å². The fraction of sp³-hybridized carbons (Fsp3) is 0.263. The van der Waals surface area contributed by atoms with E-state index in [1.807, 2.05) is 36.4 Å². The second-order valence-electron chi connectivity index (χ2n) is 6.46. The summed E-state index contributed by atoms with van der Waals surface area (Å²) in [7, 11) is 2.15. The van der Waals surface area contributed by atoms with Gasteiger partial charge in [0.15, 0.2) is 5.82 Å². The lowest BCUT2D eigenvalue weighted by atomic mass is 10.0. The average molecular weight is 354 g/mol. The number of aromatic nitrogens is 3. The summed E-state index contributed by atoms with van der Waals surface area (Å²) in [6.45, 7) is 2.13. The van der Waals surface area contributed by atoms with Gasteiger partial charge in [-0.2, -0.15) is 5.10 Å². The van der Waals surface area contributed by atoms with E-state index in [1.54, 1.807) is 12.4 Å². The number of halogens is 1. The van der Waals surface area contributed by atoms with E-state index in [1.165, 1.54) is 0 Å². The van der Waals surface area contributed by atoms with E-state index in [4.69, 9.17) is 11.6 Å². The molecule has 1 aromatic carbocycles. The summed E-state index contributed by atoms with van der Waals surface area (Å²) in [6.07, 6.45) is 4.73. The van der Waals surface area contributed by atoms with E-state index in [0.717, 1.165) is 52.7 Å². The number of hydrogen-bond acceptors (Lipinski definition) is 4. The highest BCUT2D eigenvalue weighted by Gasteiger charge is 2.23. The molecule has 1 aliphatic heterocycles. The van der Waals surface area contributed by atoms with E-state index in [0.29, 0.717) is 6.04 Å². The molecule has 128 valence electrons. The van der Waals surface area contributed by atoms with Gasteiger partial charge in [0, 0.05) is 35.6 Å². The first-order chi connectivity index (χ1) is 12.2. The summed E-state index contributed by atoms with van der Waals surface area (Å²) < 4.78 is 0. The lowest BCUT2D eigenvalue weighted by Gasteiger charge is -2.14. The van der Waals surface area contributed by atoms with E-state index in [2.05, 4.69) is 32.4 Å². The van der Waals surface area contributed by atoms with Crippen molar-refractivity contribution in [2.75, 3.05) is 25.5 Å². The number of anilines is 1. The molecule has 1 atom stereocenters. The minimum Gasteiger partial charge on any atom is -0.364 e. The van der Waals surface area contributed by atoms with Gasteiger partial charge in [0.05, 0.1) is 11.3 Å². The van der Waals surface area contributed by atoms with Crippen LogP contribution < -0.4 is 5.32 Å². The third-order valence-electron chi connectivity index (χ3n) is 4.60. The summed E-state index contributed by atoms with van der Waals surface area (Å²) in [5, 5.41) is 12.1. The normalized spacial score (nSPS) is 17.8. The number of rotatable bonds is 4. The van der Waals surface area contributed by atoms with Crippen molar-refractivity contribution in [3.63, 3.8) is 0 Å². The van der Waals surface area contributed by atoms with Crippen LogP contribution in [0.25, 0.3) is 22.4 Å². The van der Waals surface area contributed by atoms with Crippen molar-refractivity contribution in [1.82, 2.24) is 20.1 Å². The highest BCUT2D eigenvalue weighted by atomic mass is 35.5. The third-order valence-corrected chi connectivity index (χ3v) is 4.85. The first kappa shape index (κ1) is 16.1. The molecule has 1 aliphatic rings. The third kappa shape index (κ3) is 3.38. The molecule has 1 unspecified atom stereocenters. The molecule has 0 bridgehead atoms. The van der Waals surface area contributed by atoms with Gasteiger partial charge in [-0.1, -0.05) is 23.7 Å². The molecule has 3 aromatic rings. The quantitative estimate of drug-likeness (QED) is 0.746. The Bertz CT molecular complexity index is 844. The highest BCUT2D eigenvalue weighted by Crippen LogP contribution is 2.36. The van der Waals surface area contributed by atoms with Crippen LogP contribution in [0.1, 0.15) is 6.42 Å². The molecule has 6 heteroatoms. The summed E-state index contributed by atoms with van der Waals surface area (Å²) in [4.78, 5) is 6.47. The maximum absolute atomic E-state index is 6.04. The summed E-state index contributed by atoms with van der Waals surface area (Å²) in [5.41, 5.74) is 4.19. The first-order valence-electron chi connectivity index (χ1n) is 8.40. The molecule has 0 saturated carbocycles. The van der Waals surface area contributed by atoms with Crippen LogP contribution in [-0.4, -0.2) is 46.3 Å². The van der Waals surface area contributed by atoms with Gasteiger partial charge < -0.3 is 10.2 Å². The smallest absolute Gasteiger partial charge is 0.156 e. The number of pyridine rings is 1. The van der Waals surface area contributed by atoms with Crippen molar-refractivity contribution >= 4 is 17.4 Å². The van der Waals surface area contributed by atoms with Crippen molar-refractivity contribution in [2.45, 2.75) is 12.5 Å². The van der Waals surface area contributed by atoms with E-state index in [-0.39, 0.29) is 0 Å². The second kappa shape index (κ2) is 6.86. The Morgan fingerprint density at radius 1 is 1.12 bits per heavy atom. The second-order valence-corrected chi connectivity index (χ2v) is 6.89. The Labute approximate surface area is 152 Å². The maximum atomic E-state index is 6.04. The van der Waals surface area contributed by atoms with Crippen molar-refractivity contribution in [3.05, 3.63) is 53.8 Å². The zero-order valence-electron chi connectivity index (χ0n) is 14.0. The van der Waals surface area contributed by atoms with Crippen LogP contribution in [0.4, 0.5) is 5.82 Å². The van der Waals surface area contributed by atoms with E-state index < -0.39 is 0 Å². The van der Waals surface area contributed by atoms with Crippen molar-refractivity contribution < 1.29 is 0 Å². The number of likely N-dealkylation sites (tertiary alicyclic amines) is 1. The largest absolute Gasteiger partial charge is 0.364 e. The van der Waals surface area contributed by atoms with Crippen LogP contribution in [0.5, 0.6) is 0 Å². The number of benzene rings is 1. The SMILES string of the molecule is CN1CCC(Nc2n[nH]c(-c3ccc(Cl)cc3)c2-c2ccncc2)C1. The maximum Gasteiger partial charge on any atom is 0.156 e. The molecule has 1 fully saturated rings. The average Bonchev–Trinajstić information content (AvgIpc) is 3.23. The molecule has 25 heavy (non-hydrogen) atoms. The van der Waals surface area contributed by atoms with Gasteiger partial charge in [-0.05, 0) is 49.8 Å². The fourth-order valence-corrected chi connectivity index (χ4v) is 3.44. The number of H-pyrrole nitrogens is 1. The molecule has 5 nitrogen and oxygen atoms in total. The molecule has 0 aliphatic carbocycles. The first-order valence-corrected chi connectivity index (χ1v) is 8.78. The molecule has 4 rings (SSSR count). The summed E-state index contributed by atoms with van der Waals surface area (Å²) in [6, 6.07) is 12.2. The van der Waals surface area contributed by atoms with Crippen LogP contribution >= 0.6 is 11.6 Å². The van der Waals surface area contributed by atoms with E-state index in [9.17, 15) is 0 Å². The summed E-state index contributed by atoms with van der Waals surface area (Å²) in [5.74, 6) is 0.886. The topological polar surface area (TPSA) is 56.8 Å². The Hall–Kier alpha value is -2.37. The van der Waals surface area contributed by atoms with Gasteiger partial charge in [-0.15, -0.1) is 0 Å². The Kier molecular flexibility index (Phi) is 4.42. The molecule has 2 aromatic heterocycles. The van der Waals surface area contributed by atoms with Crippen molar-refractivity contribution in [1.29, 1.82) is 0 Å². The number of hydrogen-bond donors (Lipinski definition) is 2. The van der Waals surface area contributed by atoms with Crippen LogP contribution in [0.15, 0.2) is 48.8 Å². The van der Waals surface area contributed by atoms with Crippen molar-refractivity contribution in [3.8, 4) is 22.4 Å². The lowest BCUT2D eigenvalue weighted by Crippen LogP contribution is -2.23. The van der Waals surface area contributed by atoms with Gasteiger partial charge in [0.25, 0.3) is 0 Å².